The van der Waals surface area contributed by atoms with Gasteiger partial charge in [-0.15, -0.1) is 0 Å². The van der Waals surface area contributed by atoms with Crippen LogP contribution in [-0.2, 0) is 11.3 Å². The summed E-state index contributed by atoms with van der Waals surface area (Å²) in [6, 6.07) is 1.89. The fourth-order valence-corrected chi connectivity index (χ4v) is 2.01. The van der Waals surface area contributed by atoms with E-state index in [1.165, 1.54) is 0 Å². The number of aliphatic hydroxyl groups is 1. The number of ether oxygens (including phenoxy) is 1. The summed E-state index contributed by atoms with van der Waals surface area (Å²) in [6.07, 6.45) is -0.368. The maximum atomic E-state index is 9.89. The van der Waals surface area contributed by atoms with Gasteiger partial charge in [-0.2, -0.15) is 0 Å². The molecule has 1 saturated heterocycles. The second-order valence-corrected chi connectivity index (χ2v) is 4.63. The molecule has 0 aromatic carbocycles. The molecule has 0 aliphatic carbocycles. The number of aromatic nitrogens is 1. The second kappa shape index (κ2) is 6.84. The Morgan fingerprint density at radius 1 is 1.50 bits per heavy atom. The van der Waals surface area contributed by atoms with E-state index in [-0.39, 0.29) is 6.10 Å². The molecule has 0 spiro atoms. The van der Waals surface area contributed by atoms with Gasteiger partial charge in [0.1, 0.15) is 0 Å². The van der Waals surface area contributed by atoms with Crippen LogP contribution < -0.4 is 5.32 Å². The highest BCUT2D eigenvalue weighted by atomic mass is 16.5. The van der Waals surface area contributed by atoms with E-state index < -0.39 is 0 Å². The fraction of sp³-hybridized carbons (Fsp3) is 0.750. The lowest BCUT2D eigenvalue weighted by molar-refractivity contribution is 0.0148. The first-order valence-electron chi connectivity index (χ1n) is 6.35. The molecule has 0 radical (unpaired) electrons. The van der Waals surface area contributed by atoms with Crippen LogP contribution in [0.4, 0.5) is 0 Å². The normalized spacial score (nSPS) is 19.0. The molecule has 0 bridgehead atoms. The lowest BCUT2D eigenvalue weighted by Gasteiger charge is -2.28. The largest absolute Gasteiger partial charge is 0.390 e. The van der Waals surface area contributed by atoms with Crippen LogP contribution in [0, 0.1) is 6.92 Å². The molecule has 6 heteroatoms. The van der Waals surface area contributed by atoms with Gasteiger partial charge in [0.2, 0.25) is 0 Å². The van der Waals surface area contributed by atoms with Crippen LogP contribution in [0.5, 0.6) is 0 Å². The Balaban J connectivity index is 1.60. The summed E-state index contributed by atoms with van der Waals surface area (Å²) in [5.74, 6) is 0.797. The number of aliphatic hydroxyl groups excluding tert-OH is 1. The maximum absolute atomic E-state index is 9.89. The van der Waals surface area contributed by atoms with E-state index in [1.807, 2.05) is 13.0 Å². The minimum absolute atomic E-state index is 0.368. The number of hydrogen-bond donors (Lipinski definition) is 2. The summed E-state index contributed by atoms with van der Waals surface area (Å²) in [5, 5.41) is 16.9. The number of rotatable bonds is 6. The zero-order valence-electron chi connectivity index (χ0n) is 10.8. The highest BCUT2D eigenvalue weighted by Crippen LogP contribution is 2.02. The van der Waals surface area contributed by atoms with Crippen molar-refractivity contribution in [2.75, 3.05) is 39.4 Å². The number of nitrogens with one attached hydrogen (secondary N) is 1. The Bertz CT molecular complexity index is 350. The molecule has 1 aromatic heterocycles. The fourth-order valence-electron chi connectivity index (χ4n) is 2.01. The summed E-state index contributed by atoms with van der Waals surface area (Å²) >= 11 is 0. The van der Waals surface area contributed by atoms with Gasteiger partial charge in [-0.3, -0.25) is 4.90 Å². The summed E-state index contributed by atoms with van der Waals surface area (Å²) in [4.78, 5) is 2.22. The van der Waals surface area contributed by atoms with E-state index in [1.54, 1.807) is 0 Å². The number of morpholine rings is 1. The molecule has 102 valence electrons. The molecule has 2 heterocycles. The van der Waals surface area contributed by atoms with Crippen LogP contribution in [-0.4, -0.2) is 60.7 Å². The molecule has 6 nitrogen and oxygen atoms in total. The molecule has 1 unspecified atom stereocenters. The Morgan fingerprint density at radius 3 is 2.94 bits per heavy atom. The van der Waals surface area contributed by atoms with E-state index in [9.17, 15) is 5.11 Å². The van der Waals surface area contributed by atoms with Gasteiger partial charge < -0.3 is 19.7 Å². The number of β-amino-alcohol motifs (C(OH)–C–C–N with tert-alkyl or cyclic N) is 1. The van der Waals surface area contributed by atoms with Crippen LogP contribution in [0.1, 0.15) is 11.5 Å². The van der Waals surface area contributed by atoms with Crippen molar-refractivity contribution in [2.24, 2.45) is 0 Å². The van der Waals surface area contributed by atoms with Gasteiger partial charge in [-0.05, 0) is 6.92 Å². The molecule has 2 rings (SSSR count). The van der Waals surface area contributed by atoms with E-state index in [4.69, 9.17) is 9.26 Å². The third-order valence-corrected chi connectivity index (χ3v) is 2.93. The number of nitrogens with zero attached hydrogens (tertiary/aromatic N) is 2. The van der Waals surface area contributed by atoms with Gasteiger partial charge in [-0.25, -0.2) is 0 Å². The number of hydrogen-bond acceptors (Lipinski definition) is 6. The third-order valence-electron chi connectivity index (χ3n) is 2.93. The van der Waals surface area contributed by atoms with Gasteiger partial charge in [0.25, 0.3) is 0 Å². The van der Waals surface area contributed by atoms with Crippen molar-refractivity contribution in [2.45, 2.75) is 19.6 Å². The van der Waals surface area contributed by atoms with Crippen molar-refractivity contribution in [1.29, 1.82) is 0 Å². The Hall–Kier alpha value is -0.950. The van der Waals surface area contributed by atoms with Crippen molar-refractivity contribution >= 4 is 0 Å². The van der Waals surface area contributed by atoms with Crippen LogP contribution in [0.25, 0.3) is 0 Å². The Kier molecular flexibility index (Phi) is 5.12. The third kappa shape index (κ3) is 4.38. The second-order valence-electron chi connectivity index (χ2n) is 4.63. The Morgan fingerprint density at radius 2 is 2.28 bits per heavy atom. The van der Waals surface area contributed by atoms with Crippen LogP contribution in [0.2, 0.25) is 0 Å². The molecular formula is C12H21N3O3. The predicted octanol–water partition coefficient (Wildman–Crippen LogP) is -0.234. The molecule has 18 heavy (non-hydrogen) atoms. The first kappa shape index (κ1) is 13.5. The molecular weight excluding hydrogens is 234 g/mol. The average Bonchev–Trinajstić information content (AvgIpc) is 2.76. The lowest BCUT2D eigenvalue weighted by atomic mass is 10.3. The quantitative estimate of drug-likeness (QED) is 0.731. The SMILES string of the molecule is Cc1cc(CNCC(O)CN2CCOCC2)on1. The minimum atomic E-state index is -0.368. The van der Waals surface area contributed by atoms with Crippen LogP contribution >= 0.6 is 0 Å². The molecule has 1 fully saturated rings. The van der Waals surface area contributed by atoms with Gasteiger partial charge in [-0.1, -0.05) is 5.16 Å². The topological polar surface area (TPSA) is 70.8 Å². The van der Waals surface area contributed by atoms with E-state index in [2.05, 4.69) is 15.4 Å². The van der Waals surface area contributed by atoms with E-state index in [0.717, 1.165) is 37.8 Å². The molecule has 1 atom stereocenters. The van der Waals surface area contributed by atoms with Crippen molar-refractivity contribution < 1.29 is 14.4 Å². The maximum Gasteiger partial charge on any atom is 0.150 e. The zero-order chi connectivity index (χ0) is 12.8. The van der Waals surface area contributed by atoms with E-state index in [0.29, 0.717) is 19.6 Å². The standard InChI is InChI=1S/C12H21N3O3/c1-10-6-12(18-14-10)8-13-7-11(16)9-15-2-4-17-5-3-15/h6,11,13,16H,2-5,7-9H2,1H3. The first-order valence-corrected chi connectivity index (χ1v) is 6.35. The highest BCUT2D eigenvalue weighted by molar-refractivity contribution is 5.02. The van der Waals surface area contributed by atoms with Gasteiger partial charge in [0, 0.05) is 32.2 Å². The molecule has 1 aliphatic rings. The minimum Gasteiger partial charge on any atom is -0.390 e. The van der Waals surface area contributed by atoms with Crippen LogP contribution in [0.3, 0.4) is 0 Å². The zero-order valence-corrected chi connectivity index (χ0v) is 10.8. The van der Waals surface area contributed by atoms with Crippen LogP contribution in [0.15, 0.2) is 10.6 Å². The Labute approximate surface area is 107 Å². The molecule has 1 aliphatic heterocycles. The molecule has 2 N–H and O–H groups in total. The summed E-state index contributed by atoms with van der Waals surface area (Å²) in [7, 11) is 0. The van der Waals surface area contributed by atoms with Gasteiger partial charge in [0.05, 0.1) is 31.6 Å². The molecule has 1 aromatic rings. The summed E-state index contributed by atoms with van der Waals surface area (Å²) < 4.78 is 10.3. The van der Waals surface area contributed by atoms with E-state index >= 15 is 0 Å². The monoisotopic (exact) mass is 255 g/mol. The van der Waals surface area contributed by atoms with Crippen molar-refractivity contribution in [1.82, 2.24) is 15.4 Å². The smallest absolute Gasteiger partial charge is 0.150 e. The first-order chi connectivity index (χ1) is 8.74. The van der Waals surface area contributed by atoms with Crippen molar-refractivity contribution in [3.63, 3.8) is 0 Å². The van der Waals surface area contributed by atoms with Gasteiger partial charge >= 0.3 is 0 Å². The molecule has 0 saturated carbocycles. The average molecular weight is 255 g/mol. The van der Waals surface area contributed by atoms with Crippen molar-refractivity contribution in [3.8, 4) is 0 Å². The van der Waals surface area contributed by atoms with Gasteiger partial charge in [0.15, 0.2) is 5.76 Å². The summed E-state index contributed by atoms with van der Waals surface area (Å²) in [5.41, 5.74) is 0.876. The molecule has 0 amide bonds. The highest BCUT2D eigenvalue weighted by Gasteiger charge is 2.14. The lowest BCUT2D eigenvalue weighted by Crippen LogP contribution is -2.43. The summed E-state index contributed by atoms with van der Waals surface area (Å²) in [6.45, 7) is 7.05. The number of aryl methyl sites for hydroxylation is 1. The van der Waals surface area contributed by atoms with Crippen molar-refractivity contribution in [3.05, 3.63) is 17.5 Å². The predicted molar refractivity (Wildman–Crippen MR) is 66.2 cm³/mol.